The number of hydrogen-bond acceptors (Lipinski definition) is 6. The Kier molecular flexibility index (Phi) is 6.63. The van der Waals surface area contributed by atoms with E-state index < -0.39 is 27.5 Å². The van der Waals surface area contributed by atoms with Gasteiger partial charge in [-0.2, -0.15) is 8.42 Å². The summed E-state index contributed by atoms with van der Waals surface area (Å²) in [5.41, 5.74) is 1.73. The Morgan fingerprint density at radius 3 is 2.47 bits per heavy atom. The molecule has 0 radical (unpaired) electrons. The van der Waals surface area contributed by atoms with Gasteiger partial charge >= 0.3 is 10.1 Å². The first-order chi connectivity index (χ1) is 16.2. The summed E-state index contributed by atoms with van der Waals surface area (Å²) in [6.45, 7) is 3.38. The first-order valence-corrected chi connectivity index (χ1v) is 12.0. The topological polar surface area (TPSA) is 94.3 Å². The summed E-state index contributed by atoms with van der Waals surface area (Å²) < 4.78 is 60.6. The summed E-state index contributed by atoms with van der Waals surface area (Å²) in [5, 5.41) is 10.2. The van der Waals surface area contributed by atoms with E-state index in [0.717, 1.165) is 23.0 Å². The van der Waals surface area contributed by atoms with Crippen LogP contribution in [0.2, 0.25) is 0 Å². The lowest BCUT2D eigenvalue weighted by molar-refractivity contribution is 0.294. The zero-order chi connectivity index (χ0) is 24.5. The molecule has 2 aromatic carbocycles. The zero-order valence-corrected chi connectivity index (χ0v) is 19.4. The molecule has 7 nitrogen and oxygen atoms in total. The minimum absolute atomic E-state index is 0.0856. The highest BCUT2D eigenvalue weighted by Gasteiger charge is 2.31. The highest BCUT2D eigenvalue weighted by atomic mass is 32.2. The van der Waals surface area contributed by atoms with E-state index in [0.29, 0.717) is 17.5 Å². The van der Waals surface area contributed by atoms with Gasteiger partial charge in [0.25, 0.3) is 0 Å². The summed E-state index contributed by atoms with van der Waals surface area (Å²) in [6.07, 6.45) is 1.74. The van der Waals surface area contributed by atoms with Crippen molar-refractivity contribution in [2.45, 2.75) is 37.8 Å². The third-order valence-corrected chi connectivity index (χ3v) is 6.49. The van der Waals surface area contributed by atoms with Gasteiger partial charge in [-0.05, 0) is 23.6 Å². The number of aromatic nitrogens is 3. The van der Waals surface area contributed by atoms with Gasteiger partial charge in [-0.1, -0.05) is 32.0 Å². The molecule has 0 spiro atoms. The summed E-state index contributed by atoms with van der Waals surface area (Å²) in [7, 11) is -4.55. The van der Waals surface area contributed by atoms with Gasteiger partial charge in [-0.3, -0.25) is 4.98 Å². The lowest BCUT2D eigenvalue weighted by Gasteiger charge is -2.15. The average Bonchev–Trinajstić information content (AvgIpc) is 3.12. The number of hydrogen-bond donors (Lipinski definition) is 1. The van der Waals surface area contributed by atoms with Crippen molar-refractivity contribution in [2.24, 2.45) is 0 Å². The van der Waals surface area contributed by atoms with Crippen LogP contribution in [0.1, 0.15) is 36.8 Å². The van der Waals surface area contributed by atoms with Crippen LogP contribution >= 0.6 is 0 Å². The van der Waals surface area contributed by atoms with Crippen LogP contribution in [0.5, 0.6) is 5.75 Å². The maximum atomic E-state index is 13.6. The molecule has 0 saturated carbocycles. The van der Waals surface area contributed by atoms with Crippen molar-refractivity contribution in [3.63, 3.8) is 0 Å². The van der Waals surface area contributed by atoms with Gasteiger partial charge in [0.1, 0.15) is 23.2 Å². The quantitative estimate of drug-likeness (QED) is 0.375. The van der Waals surface area contributed by atoms with E-state index in [1.54, 1.807) is 20.0 Å². The fourth-order valence-electron chi connectivity index (χ4n) is 3.72. The van der Waals surface area contributed by atoms with Gasteiger partial charge in [0.05, 0.1) is 24.4 Å². The van der Waals surface area contributed by atoms with Crippen LogP contribution in [0, 0.1) is 11.6 Å². The monoisotopic (exact) mass is 487 g/mol. The maximum absolute atomic E-state index is 13.6. The van der Waals surface area contributed by atoms with Crippen molar-refractivity contribution in [2.75, 3.05) is 6.61 Å². The van der Waals surface area contributed by atoms with E-state index in [1.807, 2.05) is 30.3 Å². The van der Waals surface area contributed by atoms with Gasteiger partial charge in [0, 0.05) is 36.2 Å². The summed E-state index contributed by atoms with van der Waals surface area (Å²) in [6, 6.07) is 11.6. The summed E-state index contributed by atoms with van der Waals surface area (Å²) >= 11 is 0. The Balaban J connectivity index is 1.84. The Morgan fingerprint density at radius 2 is 1.79 bits per heavy atom. The molecule has 0 unspecified atom stereocenters. The van der Waals surface area contributed by atoms with E-state index in [9.17, 15) is 22.3 Å². The molecular formula is C24H23F2N3O4S. The van der Waals surface area contributed by atoms with Crippen molar-refractivity contribution in [3.8, 4) is 5.75 Å². The fourth-order valence-corrected chi connectivity index (χ4v) is 5.13. The van der Waals surface area contributed by atoms with E-state index in [2.05, 4.69) is 9.97 Å². The number of halogens is 2. The number of fused-ring (bicyclic) bond motifs is 1. The highest BCUT2D eigenvalue weighted by molar-refractivity contribution is 7.87. The van der Waals surface area contributed by atoms with Crippen molar-refractivity contribution < 1.29 is 26.5 Å². The lowest BCUT2D eigenvalue weighted by Crippen LogP contribution is -2.19. The maximum Gasteiger partial charge on any atom is 0.357 e. The molecule has 178 valence electrons. The first kappa shape index (κ1) is 23.8. The predicted molar refractivity (Wildman–Crippen MR) is 122 cm³/mol. The summed E-state index contributed by atoms with van der Waals surface area (Å²) in [4.78, 5) is 8.90. The van der Waals surface area contributed by atoms with Crippen LogP contribution < -0.4 is 4.18 Å². The second-order valence-corrected chi connectivity index (χ2v) is 9.57. The predicted octanol–water partition coefficient (Wildman–Crippen LogP) is 4.18. The van der Waals surface area contributed by atoms with Crippen LogP contribution in [0.15, 0.2) is 59.8 Å². The van der Waals surface area contributed by atoms with E-state index >= 15 is 0 Å². The minimum atomic E-state index is -4.55. The molecule has 0 atom stereocenters. The first-order valence-electron chi connectivity index (χ1n) is 10.6. The molecule has 0 saturated heterocycles. The Morgan fingerprint density at radius 1 is 1.09 bits per heavy atom. The number of aliphatic hydroxyl groups is 1. The number of aliphatic hydroxyl groups excluding tert-OH is 1. The number of para-hydroxylation sites is 1. The minimum Gasteiger partial charge on any atom is -0.396 e. The van der Waals surface area contributed by atoms with Gasteiger partial charge in [0.2, 0.25) is 0 Å². The van der Waals surface area contributed by atoms with Crippen molar-refractivity contribution in [3.05, 3.63) is 83.4 Å². The normalized spacial score (nSPS) is 11.9. The molecule has 4 rings (SSSR count). The molecular weight excluding hydrogens is 464 g/mol. The molecule has 2 aromatic heterocycles. The average molecular weight is 488 g/mol. The lowest BCUT2D eigenvalue weighted by atomic mass is 10.1. The molecule has 0 aliphatic rings. The molecule has 0 bridgehead atoms. The Bertz CT molecular complexity index is 1430. The largest absolute Gasteiger partial charge is 0.396 e. The van der Waals surface area contributed by atoms with Gasteiger partial charge in [-0.25, -0.2) is 13.8 Å². The Labute approximate surface area is 195 Å². The van der Waals surface area contributed by atoms with Crippen molar-refractivity contribution >= 4 is 21.0 Å². The highest BCUT2D eigenvalue weighted by Crippen LogP contribution is 2.30. The number of nitrogens with zero attached hydrogens (tertiary/aromatic N) is 3. The van der Waals surface area contributed by atoms with Gasteiger partial charge in [0.15, 0.2) is 5.03 Å². The number of imidazole rings is 1. The van der Waals surface area contributed by atoms with Crippen LogP contribution in [0.3, 0.4) is 0 Å². The van der Waals surface area contributed by atoms with E-state index in [1.165, 1.54) is 4.57 Å². The molecule has 0 fully saturated rings. The van der Waals surface area contributed by atoms with Crippen molar-refractivity contribution in [1.29, 1.82) is 0 Å². The third kappa shape index (κ3) is 4.92. The van der Waals surface area contributed by atoms with Crippen LogP contribution in [0.25, 0.3) is 10.9 Å². The van der Waals surface area contributed by atoms with Crippen LogP contribution in [-0.2, 0) is 23.1 Å². The van der Waals surface area contributed by atoms with Crippen LogP contribution in [-0.4, -0.2) is 34.7 Å². The molecule has 0 aliphatic heterocycles. The summed E-state index contributed by atoms with van der Waals surface area (Å²) in [5.74, 6) is -2.40. The number of rotatable bonds is 8. The molecule has 34 heavy (non-hydrogen) atoms. The molecule has 4 aromatic rings. The van der Waals surface area contributed by atoms with Crippen LogP contribution in [0.4, 0.5) is 8.78 Å². The molecule has 2 heterocycles. The number of benzene rings is 2. The SMILES string of the molecule is CC(C)c1nc(CCO)n(Cc2cnc3ccccc3c2)c1S(=O)(=O)Oc1cc(F)cc(F)c1. The zero-order valence-electron chi connectivity index (χ0n) is 18.6. The molecule has 0 aliphatic carbocycles. The third-order valence-electron chi connectivity index (χ3n) is 5.17. The number of pyridine rings is 1. The van der Waals surface area contributed by atoms with Gasteiger partial charge in [-0.15, -0.1) is 0 Å². The molecule has 0 amide bonds. The fraction of sp³-hybridized carbons (Fsp3) is 0.250. The van der Waals surface area contributed by atoms with E-state index in [-0.39, 0.29) is 36.2 Å². The molecule has 10 heteroatoms. The molecule has 1 N–H and O–H groups in total. The van der Waals surface area contributed by atoms with Gasteiger partial charge < -0.3 is 13.9 Å². The standard InChI is InChI=1S/C24H23F2N3O4S/c1-15(2)23-24(34(31,32)33-20-11-18(25)10-19(26)12-20)29(22(28-23)7-8-30)14-16-9-17-5-3-4-6-21(17)27-13-16/h3-6,9-13,15,30H,7-8,14H2,1-2H3. The van der Waals surface area contributed by atoms with E-state index in [4.69, 9.17) is 4.18 Å². The smallest absolute Gasteiger partial charge is 0.357 e. The second-order valence-electron chi connectivity index (χ2n) is 8.11. The van der Waals surface area contributed by atoms with Crippen molar-refractivity contribution in [1.82, 2.24) is 14.5 Å². The Hall–Kier alpha value is -3.37. The second kappa shape index (κ2) is 9.47.